The van der Waals surface area contributed by atoms with Crippen LogP contribution >= 0.6 is 11.3 Å². The molecule has 2 aliphatic carbocycles. The van der Waals surface area contributed by atoms with E-state index in [1.165, 1.54) is 23.3 Å². The standard InChI is InChI=1S/C13H12S/c1-2-5-11-10(4-1)7-8-12(11)13-6-3-9-14-13/h1,3-4,6,8-9H,2,5,7H2. The van der Waals surface area contributed by atoms with E-state index in [1.54, 1.807) is 11.1 Å². The number of thiophene rings is 1. The highest BCUT2D eigenvalue weighted by Crippen LogP contribution is 2.40. The minimum Gasteiger partial charge on any atom is -0.144 e. The quantitative estimate of drug-likeness (QED) is 0.638. The highest BCUT2D eigenvalue weighted by atomic mass is 32.1. The van der Waals surface area contributed by atoms with E-state index in [0.29, 0.717) is 0 Å². The molecule has 0 N–H and O–H groups in total. The van der Waals surface area contributed by atoms with Gasteiger partial charge in [0.15, 0.2) is 0 Å². The van der Waals surface area contributed by atoms with E-state index < -0.39 is 0 Å². The average Bonchev–Trinajstić information content (AvgIpc) is 2.85. The van der Waals surface area contributed by atoms with Crippen molar-refractivity contribution >= 4 is 16.9 Å². The second-order valence-corrected chi connectivity index (χ2v) is 4.69. The van der Waals surface area contributed by atoms with Crippen molar-refractivity contribution in [1.82, 2.24) is 0 Å². The second kappa shape index (κ2) is 3.25. The predicted molar refractivity (Wildman–Crippen MR) is 62.3 cm³/mol. The Labute approximate surface area is 88.3 Å². The minimum absolute atomic E-state index is 1.14. The van der Waals surface area contributed by atoms with Crippen molar-refractivity contribution in [3.63, 3.8) is 0 Å². The maximum absolute atomic E-state index is 2.38. The lowest BCUT2D eigenvalue weighted by atomic mass is 9.95. The van der Waals surface area contributed by atoms with Gasteiger partial charge < -0.3 is 0 Å². The molecule has 0 unspecified atom stereocenters. The lowest BCUT2D eigenvalue weighted by molar-refractivity contribution is 0.977. The fourth-order valence-corrected chi connectivity index (χ4v) is 3.02. The lowest BCUT2D eigenvalue weighted by Gasteiger charge is -2.11. The summed E-state index contributed by atoms with van der Waals surface area (Å²) < 4.78 is 0. The van der Waals surface area contributed by atoms with Crippen LogP contribution < -0.4 is 0 Å². The first-order chi connectivity index (χ1) is 6.95. The molecule has 14 heavy (non-hydrogen) atoms. The molecule has 2 aliphatic rings. The van der Waals surface area contributed by atoms with Gasteiger partial charge in [-0.1, -0.05) is 24.3 Å². The summed E-state index contributed by atoms with van der Waals surface area (Å²) in [5.74, 6) is 0. The first kappa shape index (κ1) is 8.25. The summed E-state index contributed by atoms with van der Waals surface area (Å²) in [5.41, 5.74) is 4.63. The molecule has 1 heterocycles. The third-order valence-electron chi connectivity index (χ3n) is 2.91. The fraction of sp³-hybridized carbons (Fsp3) is 0.231. The largest absolute Gasteiger partial charge is 0.144 e. The van der Waals surface area contributed by atoms with Crippen LogP contribution in [0.15, 0.2) is 46.9 Å². The summed E-state index contributed by atoms with van der Waals surface area (Å²) in [5, 5.41) is 2.16. The monoisotopic (exact) mass is 200 g/mol. The highest BCUT2D eigenvalue weighted by molar-refractivity contribution is 7.11. The van der Waals surface area contributed by atoms with Crippen molar-refractivity contribution in [1.29, 1.82) is 0 Å². The minimum atomic E-state index is 1.14. The maximum Gasteiger partial charge on any atom is 0.0342 e. The Morgan fingerprint density at radius 1 is 1.29 bits per heavy atom. The molecule has 1 aromatic rings. The van der Waals surface area contributed by atoms with Crippen molar-refractivity contribution in [2.45, 2.75) is 19.3 Å². The zero-order chi connectivity index (χ0) is 9.38. The zero-order valence-corrected chi connectivity index (χ0v) is 8.81. The topological polar surface area (TPSA) is 0 Å². The van der Waals surface area contributed by atoms with E-state index in [1.807, 2.05) is 11.3 Å². The summed E-state index contributed by atoms with van der Waals surface area (Å²) in [6, 6.07) is 4.36. The van der Waals surface area contributed by atoms with Crippen LogP contribution in [0.1, 0.15) is 24.1 Å². The van der Waals surface area contributed by atoms with Gasteiger partial charge in [-0.15, -0.1) is 11.3 Å². The van der Waals surface area contributed by atoms with E-state index in [2.05, 4.69) is 35.7 Å². The van der Waals surface area contributed by atoms with Crippen molar-refractivity contribution < 1.29 is 0 Å². The molecule has 0 amide bonds. The summed E-state index contributed by atoms with van der Waals surface area (Å²) in [7, 11) is 0. The van der Waals surface area contributed by atoms with E-state index in [9.17, 15) is 0 Å². The molecule has 3 rings (SSSR count). The SMILES string of the molecule is C1=CC2=C(CC1)C(c1cccs1)=CC2. The molecular formula is C13H12S. The van der Waals surface area contributed by atoms with Gasteiger partial charge >= 0.3 is 0 Å². The molecule has 0 spiro atoms. The normalized spacial score (nSPS) is 19.9. The smallest absolute Gasteiger partial charge is 0.0342 e. The van der Waals surface area contributed by atoms with Crippen molar-refractivity contribution in [3.05, 3.63) is 51.8 Å². The summed E-state index contributed by atoms with van der Waals surface area (Å²) in [6.07, 6.45) is 10.6. The summed E-state index contributed by atoms with van der Waals surface area (Å²) in [6.45, 7) is 0. The number of allylic oxidation sites excluding steroid dienone is 6. The summed E-state index contributed by atoms with van der Waals surface area (Å²) in [4.78, 5) is 1.44. The van der Waals surface area contributed by atoms with E-state index in [-0.39, 0.29) is 0 Å². The molecule has 0 nitrogen and oxygen atoms in total. The lowest BCUT2D eigenvalue weighted by Crippen LogP contribution is -1.91. The van der Waals surface area contributed by atoms with Crippen molar-refractivity contribution in [2.75, 3.05) is 0 Å². The first-order valence-corrected chi connectivity index (χ1v) is 5.96. The first-order valence-electron chi connectivity index (χ1n) is 5.08. The Bertz CT molecular complexity index is 430. The van der Waals surface area contributed by atoms with Gasteiger partial charge in [-0.05, 0) is 47.4 Å². The van der Waals surface area contributed by atoms with Crippen LogP contribution in [0, 0.1) is 0 Å². The Kier molecular flexibility index (Phi) is 1.91. The van der Waals surface area contributed by atoms with Gasteiger partial charge in [-0.25, -0.2) is 0 Å². The molecule has 0 bridgehead atoms. The van der Waals surface area contributed by atoms with Crippen LogP contribution in [-0.2, 0) is 0 Å². The fourth-order valence-electron chi connectivity index (χ4n) is 2.23. The number of hydrogen-bond acceptors (Lipinski definition) is 1. The van der Waals surface area contributed by atoms with Crippen LogP contribution in [0.3, 0.4) is 0 Å². The Morgan fingerprint density at radius 2 is 2.29 bits per heavy atom. The van der Waals surface area contributed by atoms with Gasteiger partial charge in [0.1, 0.15) is 0 Å². The van der Waals surface area contributed by atoms with E-state index in [0.717, 1.165) is 6.42 Å². The number of hydrogen-bond donors (Lipinski definition) is 0. The van der Waals surface area contributed by atoms with Gasteiger partial charge in [0.25, 0.3) is 0 Å². The Morgan fingerprint density at radius 3 is 3.14 bits per heavy atom. The molecule has 1 aromatic heterocycles. The second-order valence-electron chi connectivity index (χ2n) is 3.74. The van der Waals surface area contributed by atoms with Crippen molar-refractivity contribution in [2.24, 2.45) is 0 Å². The van der Waals surface area contributed by atoms with E-state index >= 15 is 0 Å². The van der Waals surface area contributed by atoms with Crippen LogP contribution in [-0.4, -0.2) is 0 Å². The van der Waals surface area contributed by atoms with Gasteiger partial charge in [0.2, 0.25) is 0 Å². The third kappa shape index (κ3) is 1.20. The Hall–Kier alpha value is -1.08. The molecule has 0 fully saturated rings. The molecule has 0 saturated carbocycles. The predicted octanol–water partition coefficient (Wildman–Crippen LogP) is 4.18. The van der Waals surface area contributed by atoms with Crippen LogP contribution in [0.4, 0.5) is 0 Å². The molecule has 0 aromatic carbocycles. The molecular weight excluding hydrogens is 188 g/mol. The molecule has 0 atom stereocenters. The van der Waals surface area contributed by atoms with Gasteiger partial charge in [0, 0.05) is 4.88 Å². The van der Waals surface area contributed by atoms with Gasteiger partial charge in [-0.2, -0.15) is 0 Å². The molecule has 70 valence electrons. The van der Waals surface area contributed by atoms with E-state index in [4.69, 9.17) is 0 Å². The third-order valence-corrected chi connectivity index (χ3v) is 3.81. The van der Waals surface area contributed by atoms with Crippen LogP contribution in [0.25, 0.3) is 5.57 Å². The summed E-state index contributed by atoms with van der Waals surface area (Å²) >= 11 is 1.85. The van der Waals surface area contributed by atoms with Crippen LogP contribution in [0.5, 0.6) is 0 Å². The maximum atomic E-state index is 2.38. The molecule has 1 heteroatoms. The van der Waals surface area contributed by atoms with Crippen molar-refractivity contribution in [3.8, 4) is 0 Å². The number of rotatable bonds is 1. The molecule has 0 saturated heterocycles. The average molecular weight is 200 g/mol. The Balaban J connectivity index is 2.03. The van der Waals surface area contributed by atoms with Gasteiger partial charge in [-0.3, -0.25) is 0 Å². The van der Waals surface area contributed by atoms with Crippen LogP contribution in [0.2, 0.25) is 0 Å². The zero-order valence-electron chi connectivity index (χ0n) is 7.99. The van der Waals surface area contributed by atoms with Gasteiger partial charge in [0.05, 0.1) is 0 Å². The highest BCUT2D eigenvalue weighted by Gasteiger charge is 2.19. The molecule has 0 radical (unpaired) electrons. The molecule has 0 aliphatic heterocycles.